The van der Waals surface area contributed by atoms with E-state index in [1.165, 1.54) is 4.68 Å². The minimum Gasteiger partial charge on any atom is -0.461 e. The maximum absolute atomic E-state index is 13.8. The summed E-state index contributed by atoms with van der Waals surface area (Å²) < 4.78 is 7.38. The van der Waals surface area contributed by atoms with Crippen LogP contribution in [0.5, 0.6) is 0 Å². The molecule has 1 fully saturated rings. The van der Waals surface area contributed by atoms with Crippen molar-refractivity contribution in [2.24, 2.45) is 11.1 Å². The van der Waals surface area contributed by atoms with Crippen molar-refractivity contribution < 1.29 is 28.8 Å². The fraction of sp³-hybridized carbons (Fsp3) is 0.231. The van der Waals surface area contributed by atoms with Crippen LogP contribution in [-0.2, 0) is 19.2 Å². The molecule has 11 heteroatoms. The topological polar surface area (TPSA) is 120 Å². The van der Waals surface area contributed by atoms with Crippen LogP contribution in [0.1, 0.15) is 39.0 Å². The lowest BCUT2D eigenvalue weighted by Gasteiger charge is -2.15. The molecule has 37 heavy (non-hydrogen) atoms. The van der Waals surface area contributed by atoms with Crippen LogP contribution >= 0.6 is 15.9 Å². The monoisotopic (exact) mass is 564 g/mol. The number of hydrogen-bond donors (Lipinski definition) is 0. The Hall–Kier alpha value is -4.12. The number of ether oxygens (including phenoxy) is 1. The summed E-state index contributed by atoms with van der Waals surface area (Å²) in [4.78, 5) is 59.3. The Balaban J connectivity index is 1.54. The van der Waals surface area contributed by atoms with E-state index in [4.69, 9.17) is 9.57 Å². The molecule has 0 saturated carbocycles. The van der Waals surface area contributed by atoms with Crippen molar-refractivity contribution in [1.82, 2.24) is 9.78 Å². The van der Waals surface area contributed by atoms with Crippen molar-refractivity contribution in [2.75, 3.05) is 11.5 Å². The number of rotatable bonds is 6. The number of aryl methyl sites for hydroxylation is 1. The Labute approximate surface area is 220 Å². The maximum atomic E-state index is 13.8. The van der Waals surface area contributed by atoms with Crippen molar-refractivity contribution in [2.45, 2.75) is 26.9 Å². The van der Waals surface area contributed by atoms with Crippen LogP contribution in [-0.4, -0.2) is 51.8 Å². The molecule has 0 N–H and O–H groups in total. The van der Waals surface area contributed by atoms with Crippen LogP contribution in [0.4, 0.5) is 5.69 Å². The Kier molecular flexibility index (Phi) is 6.24. The zero-order valence-electron chi connectivity index (χ0n) is 20.1. The van der Waals surface area contributed by atoms with E-state index in [2.05, 4.69) is 26.2 Å². The fourth-order valence-electron chi connectivity index (χ4n) is 4.39. The molecule has 0 radical (unpaired) electrons. The molecule has 3 aromatic rings. The molecule has 0 aliphatic carbocycles. The first-order chi connectivity index (χ1) is 17.7. The van der Waals surface area contributed by atoms with Gasteiger partial charge in [-0.25, -0.2) is 14.4 Å². The average Bonchev–Trinajstić information content (AvgIpc) is 3.53. The van der Waals surface area contributed by atoms with Gasteiger partial charge in [0.05, 0.1) is 29.2 Å². The smallest absolute Gasteiger partial charge is 0.359 e. The van der Waals surface area contributed by atoms with E-state index in [0.29, 0.717) is 17.1 Å². The number of anilines is 1. The highest BCUT2D eigenvalue weighted by atomic mass is 79.9. The van der Waals surface area contributed by atoms with E-state index in [1.807, 2.05) is 19.1 Å². The molecule has 5 rings (SSSR count). The molecule has 2 atom stereocenters. The number of ketones is 1. The summed E-state index contributed by atoms with van der Waals surface area (Å²) in [5.74, 6) is -4.03. The van der Waals surface area contributed by atoms with Crippen LogP contribution in [0.3, 0.4) is 0 Å². The molecule has 0 bridgehead atoms. The number of imide groups is 1. The summed E-state index contributed by atoms with van der Waals surface area (Å²) in [7, 11) is 0. The zero-order valence-corrected chi connectivity index (χ0v) is 21.7. The Bertz CT molecular complexity index is 1480. The SMILES string of the molecule is CCOC(=O)c1nn(-c2ccc(C)cc2)c(C)c1C(=O)C1=NO[C@H]2C(=O)N(c3ccc(Br)cc3)C(=O)[C@H]12. The number of oxime groups is 1. The number of Topliss-reactive ketones (excluding diaryl/α,β-unsaturated/α-hetero) is 1. The second-order valence-electron chi connectivity index (χ2n) is 8.57. The van der Waals surface area contributed by atoms with Gasteiger partial charge < -0.3 is 9.57 Å². The van der Waals surface area contributed by atoms with Gasteiger partial charge >= 0.3 is 5.97 Å². The number of amides is 2. The summed E-state index contributed by atoms with van der Waals surface area (Å²) in [5, 5.41) is 8.19. The van der Waals surface area contributed by atoms with Crippen LogP contribution < -0.4 is 4.90 Å². The third kappa shape index (κ3) is 4.05. The number of benzene rings is 2. The summed E-state index contributed by atoms with van der Waals surface area (Å²) >= 11 is 3.32. The van der Waals surface area contributed by atoms with E-state index in [-0.39, 0.29) is 23.6 Å². The summed E-state index contributed by atoms with van der Waals surface area (Å²) in [6.07, 6.45) is -1.27. The molecule has 10 nitrogen and oxygen atoms in total. The molecule has 1 saturated heterocycles. The van der Waals surface area contributed by atoms with E-state index < -0.39 is 35.6 Å². The Morgan fingerprint density at radius 1 is 1.00 bits per heavy atom. The molecule has 3 heterocycles. The Morgan fingerprint density at radius 3 is 2.30 bits per heavy atom. The predicted molar refractivity (Wildman–Crippen MR) is 136 cm³/mol. The summed E-state index contributed by atoms with van der Waals surface area (Å²) in [6.45, 7) is 5.28. The third-order valence-corrected chi connectivity index (χ3v) is 6.75. The van der Waals surface area contributed by atoms with Gasteiger partial charge in [0, 0.05) is 4.47 Å². The fourth-order valence-corrected chi connectivity index (χ4v) is 4.66. The number of halogens is 1. The molecule has 1 aromatic heterocycles. The number of aromatic nitrogens is 2. The minimum atomic E-state index is -1.27. The number of nitrogens with zero attached hydrogens (tertiary/aromatic N) is 4. The standard InChI is InChI=1S/C26H21BrN4O6/c1-4-36-26(35)21-18(14(3)31(28-21)17-9-5-13(2)6-10-17)22(32)20-19-23(37-29-20)25(34)30(24(19)33)16-11-7-15(27)8-12-16/h5-12,19,23H,4H2,1-3H3/t19-,23-/m1/s1. The summed E-state index contributed by atoms with van der Waals surface area (Å²) in [6, 6.07) is 14.0. The highest BCUT2D eigenvalue weighted by Gasteiger charge is 2.58. The van der Waals surface area contributed by atoms with E-state index in [0.717, 1.165) is 14.9 Å². The molecule has 0 unspecified atom stereocenters. The lowest BCUT2D eigenvalue weighted by atomic mass is 9.92. The average molecular weight is 565 g/mol. The molecule has 188 valence electrons. The van der Waals surface area contributed by atoms with Gasteiger partial charge in [-0.15, -0.1) is 0 Å². The van der Waals surface area contributed by atoms with Gasteiger partial charge in [-0.05, 0) is 57.2 Å². The highest BCUT2D eigenvalue weighted by molar-refractivity contribution is 9.10. The first-order valence-corrected chi connectivity index (χ1v) is 12.3. The molecule has 2 aliphatic heterocycles. The third-order valence-electron chi connectivity index (χ3n) is 6.22. The molecular weight excluding hydrogens is 544 g/mol. The maximum Gasteiger partial charge on any atom is 0.359 e. The number of fused-ring (bicyclic) bond motifs is 1. The molecule has 2 aromatic carbocycles. The number of esters is 1. The number of hydrogen-bond acceptors (Lipinski definition) is 8. The van der Waals surface area contributed by atoms with Crippen molar-refractivity contribution in [3.63, 3.8) is 0 Å². The van der Waals surface area contributed by atoms with Gasteiger partial charge in [-0.1, -0.05) is 38.8 Å². The second-order valence-corrected chi connectivity index (χ2v) is 9.49. The molecule has 2 amide bonds. The molecule has 2 aliphatic rings. The van der Waals surface area contributed by atoms with Crippen LogP contribution in [0, 0.1) is 19.8 Å². The van der Waals surface area contributed by atoms with Gasteiger partial charge in [-0.3, -0.25) is 14.4 Å². The lowest BCUT2D eigenvalue weighted by Crippen LogP contribution is -2.34. The largest absolute Gasteiger partial charge is 0.461 e. The van der Waals surface area contributed by atoms with Crippen LogP contribution in [0.2, 0.25) is 0 Å². The van der Waals surface area contributed by atoms with Crippen molar-refractivity contribution >= 4 is 50.9 Å². The number of carbonyl (C=O) groups is 4. The van der Waals surface area contributed by atoms with Crippen molar-refractivity contribution in [3.8, 4) is 5.69 Å². The molecule has 0 spiro atoms. The highest BCUT2D eigenvalue weighted by Crippen LogP contribution is 2.35. The van der Waals surface area contributed by atoms with Gasteiger partial charge in [0.1, 0.15) is 11.6 Å². The second kappa shape index (κ2) is 9.40. The van der Waals surface area contributed by atoms with Gasteiger partial charge in [0.25, 0.3) is 5.91 Å². The summed E-state index contributed by atoms with van der Waals surface area (Å²) in [5.41, 5.74) is 1.81. The van der Waals surface area contributed by atoms with E-state index in [9.17, 15) is 19.2 Å². The lowest BCUT2D eigenvalue weighted by molar-refractivity contribution is -0.126. The molecular formula is C26H21BrN4O6. The van der Waals surface area contributed by atoms with Gasteiger partial charge in [-0.2, -0.15) is 5.10 Å². The number of carbonyl (C=O) groups excluding carboxylic acids is 4. The van der Waals surface area contributed by atoms with Crippen LogP contribution in [0.25, 0.3) is 5.69 Å². The van der Waals surface area contributed by atoms with Crippen LogP contribution in [0.15, 0.2) is 58.2 Å². The van der Waals surface area contributed by atoms with Crippen molar-refractivity contribution in [3.05, 3.63) is 75.5 Å². The van der Waals surface area contributed by atoms with Crippen molar-refractivity contribution in [1.29, 1.82) is 0 Å². The van der Waals surface area contributed by atoms with Gasteiger partial charge in [0.2, 0.25) is 17.8 Å². The van der Waals surface area contributed by atoms with E-state index in [1.54, 1.807) is 50.2 Å². The normalized spacial score (nSPS) is 18.5. The quantitative estimate of drug-likeness (QED) is 0.255. The first-order valence-electron chi connectivity index (χ1n) is 11.5. The van der Waals surface area contributed by atoms with E-state index >= 15 is 0 Å². The predicted octanol–water partition coefficient (Wildman–Crippen LogP) is 3.56. The van der Waals surface area contributed by atoms with Gasteiger partial charge in [0.15, 0.2) is 5.69 Å². The Morgan fingerprint density at radius 2 is 1.65 bits per heavy atom. The minimum absolute atomic E-state index is 0.0654. The zero-order chi connectivity index (χ0) is 26.4. The first kappa shape index (κ1) is 24.6.